The molecule has 1 aliphatic rings. The average Bonchev–Trinajstić information content (AvgIpc) is 2.65. The number of anilines is 1. The van der Waals surface area contributed by atoms with E-state index in [0.717, 1.165) is 44.1 Å². The maximum Gasteiger partial charge on any atom is 0.128 e. The van der Waals surface area contributed by atoms with E-state index in [4.69, 9.17) is 11.6 Å². The second kappa shape index (κ2) is 8.13. The Kier molecular flexibility index (Phi) is 5.67. The fourth-order valence-corrected chi connectivity index (χ4v) is 3.18. The SMILES string of the molecule is ON=C(CCN1CCN(c2ccccn2)CC1)c1ccccc1Cl. The largest absolute Gasteiger partial charge is 0.411 e. The third-order valence-electron chi connectivity index (χ3n) is 4.32. The second-order valence-corrected chi connectivity index (χ2v) is 6.20. The molecule has 1 fully saturated rings. The van der Waals surface area contributed by atoms with Gasteiger partial charge >= 0.3 is 0 Å². The molecule has 1 aromatic heterocycles. The summed E-state index contributed by atoms with van der Waals surface area (Å²) in [5.41, 5.74) is 1.43. The number of aromatic nitrogens is 1. The Morgan fingerprint density at radius 1 is 1.08 bits per heavy atom. The second-order valence-electron chi connectivity index (χ2n) is 5.79. The van der Waals surface area contributed by atoms with Gasteiger partial charge in [0.25, 0.3) is 0 Å². The molecule has 126 valence electrons. The summed E-state index contributed by atoms with van der Waals surface area (Å²) in [5.74, 6) is 1.03. The topological polar surface area (TPSA) is 52.0 Å². The molecular formula is C18H21ClN4O. The zero-order chi connectivity index (χ0) is 16.8. The first-order valence-electron chi connectivity index (χ1n) is 8.12. The summed E-state index contributed by atoms with van der Waals surface area (Å²) >= 11 is 6.19. The molecule has 6 heteroatoms. The van der Waals surface area contributed by atoms with Crippen molar-refractivity contribution in [1.29, 1.82) is 0 Å². The van der Waals surface area contributed by atoms with Gasteiger partial charge in [-0.15, -0.1) is 0 Å². The van der Waals surface area contributed by atoms with Gasteiger partial charge < -0.3 is 10.1 Å². The lowest BCUT2D eigenvalue weighted by atomic mass is 10.1. The summed E-state index contributed by atoms with van der Waals surface area (Å²) in [6.07, 6.45) is 2.50. The van der Waals surface area contributed by atoms with Crippen LogP contribution in [0.25, 0.3) is 0 Å². The number of nitrogens with zero attached hydrogens (tertiary/aromatic N) is 4. The minimum atomic E-state index is 0.616. The lowest BCUT2D eigenvalue weighted by Gasteiger charge is -2.35. The molecule has 0 aliphatic carbocycles. The summed E-state index contributed by atoms with van der Waals surface area (Å²) in [6, 6.07) is 13.5. The van der Waals surface area contributed by atoms with E-state index in [1.165, 1.54) is 0 Å². The number of piperazine rings is 1. The first-order chi connectivity index (χ1) is 11.8. The van der Waals surface area contributed by atoms with E-state index in [2.05, 4.69) is 19.9 Å². The highest BCUT2D eigenvalue weighted by Crippen LogP contribution is 2.18. The maximum absolute atomic E-state index is 9.32. The quantitative estimate of drug-likeness (QED) is 0.514. The molecule has 3 rings (SSSR count). The van der Waals surface area contributed by atoms with Crippen LogP contribution in [0.5, 0.6) is 0 Å². The number of rotatable bonds is 5. The third-order valence-corrected chi connectivity index (χ3v) is 4.65. The van der Waals surface area contributed by atoms with Crippen molar-refractivity contribution < 1.29 is 5.21 Å². The molecule has 0 radical (unpaired) electrons. The van der Waals surface area contributed by atoms with Gasteiger partial charge in [-0.2, -0.15) is 0 Å². The molecule has 1 aliphatic heterocycles. The van der Waals surface area contributed by atoms with Crippen molar-refractivity contribution in [3.05, 3.63) is 59.2 Å². The van der Waals surface area contributed by atoms with Crippen LogP contribution in [0.3, 0.4) is 0 Å². The van der Waals surface area contributed by atoms with E-state index < -0.39 is 0 Å². The Balaban J connectivity index is 1.52. The highest BCUT2D eigenvalue weighted by Gasteiger charge is 2.18. The average molecular weight is 345 g/mol. The van der Waals surface area contributed by atoms with Gasteiger partial charge in [0.15, 0.2) is 0 Å². The molecule has 1 aromatic carbocycles. The monoisotopic (exact) mass is 344 g/mol. The zero-order valence-electron chi connectivity index (χ0n) is 13.5. The molecule has 2 heterocycles. The Morgan fingerprint density at radius 2 is 1.83 bits per heavy atom. The number of hydrogen-bond acceptors (Lipinski definition) is 5. The summed E-state index contributed by atoms with van der Waals surface area (Å²) < 4.78 is 0. The molecular weight excluding hydrogens is 324 g/mol. The summed E-state index contributed by atoms with van der Waals surface area (Å²) in [7, 11) is 0. The first-order valence-corrected chi connectivity index (χ1v) is 8.50. The molecule has 1 saturated heterocycles. The van der Waals surface area contributed by atoms with Crippen LogP contribution in [-0.2, 0) is 0 Å². The Bertz CT molecular complexity index is 684. The molecule has 5 nitrogen and oxygen atoms in total. The summed E-state index contributed by atoms with van der Waals surface area (Å²) in [6.45, 7) is 4.69. The predicted octanol–water partition coefficient (Wildman–Crippen LogP) is 3.13. The van der Waals surface area contributed by atoms with Gasteiger partial charge in [0.1, 0.15) is 5.82 Å². The minimum absolute atomic E-state index is 0.616. The molecule has 0 saturated carbocycles. The number of halogens is 1. The molecule has 0 amide bonds. The van der Waals surface area contributed by atoms with Crippen molar-refractivity contribution in [2.75, 3.05) is 37.6 Å². The zero-order valence-corrected chi connectivity index (χ0v) is 14.2. The van der Waals surface area contributed by atoms with Gasteiger partial charge in [-0.3, -0.25) is 4.90 Å². The van der Waals surface area contributed by atoms with Crippen molar-refractivity contribution >= 4 is 23.1 Å². The Morgan fingerprint density at radius 3 is 2.50 bits per heavy atom. The van der Waals surface area contributed by atoms with E-state index in [0.29, 0.717) is 17.2 Å². The van der Waals surface area contributed by atoms with E-state index in [-0.39, 0.29) is 0 Å². The number of benzene rings is 1. The van der Waals surface area contributed by atoms with Gasteiger partial charge in [0.05, 0.1) is 5.71 Å². The number of pyridine rings is 1. The van der Waals surface area contributed by atoms with Crippen LogP contribution in [0.1, 0.15) is 12.0 Å². The third kappa shape index (κ3) is 4.04. The maximum atomic E-state index is 9.32. The highest BCUT2D eigenvalue weighted by atomic mass is 35.5. The Labute approximate surface area is 147 Å². The van der Waals surface area contributed by atoms with Crippen molar-refractivity contribution in [1.82, 2.24) is 9.88 Å². The van der Waals surface area contributed by atoms with Crippen molar-refractivity contribution in [2.24, 2.45) is 5.16 Å². The number of oxime groups is 1. The van der Waals surface area contributed by atoms with Gasteiger partial charge in [-0.25, -0.2) is 4.98 Å². The van der Waals surface area contributed by atoms with E-state index >= 15 is 0 Å². The molecule has 24 heavy (non-hydrogen) atoms. The van der Waals surface area contributed by atoms with Gasteiger partial charge in [0, 0.05) is 55.9 Å². The van der Waals surface area contributed by atoms with E-state index in [1.807, 2.05) is 48.7 Å². The molecule has 0 atom stereocenters. The minimum Gasteiger partial charge on any atom is -0.411 e. The van der Waals surface area contributed by atoms with Gasteiger partial charge in [-0.05, 0) is 18.2 Å². The van der Waals surface area contributed by atoms with Crippen LogP contribution in [0.15, 0.2) is 53.8 Å². The highest BCUT2D eigenvalue weighted by molar-refractivity contribution is 6.34. The lowest BCUT2D eigenvalue weighted by Crippen LogP contribution is -2.47. The van der Waals surface area contributed by atoms with Crippen LogP contribution in [0.2, 0.25) is 5.02 Å². The first kappa shape index (κ1) is 16.7. The van der Waals surface area contributed by atoms with E-state index in [9.17, 15) is 5.21 Å². The normalized spacial score (nSPS) is 16.4. The standard InChI is InChI=1S/C18H21ClN4O/c19-16-6-2-1-5-15(16)17(21-24)8-10-22-11-13-23(14-12-22)18-7-3-4-9-20-18/h1-7,9,24H,8,10-14H2. The van der Waals surface area contributed by atoms with Gasteiger partial charge in [0.2, 0.25) is 0 Å². The lowest BCUT2D eigenvalue weighted by molar-refractivity contribution is 0.262. The smallest absolute Gasteiger partial charge is 0.128 e. The molecule has 2 aromatic rings. The fraction of sp³-hybridized carbons (Fsp3) is 0.333. The van der Waals surface area contributed by atoms with Crippen molar-refractivity contribution in [3.8, 4) is 0 Å². The van der Waals surface area contributed by atoms with E-state index in [1.54, 1.807) is 0 Å². The fourth-order valence-electron chi connectivity index (χ4n) is 2.94. The predicted molar refractivity (Wildman–Crippen MR) is 97.3 cm³/mol. The number of hydrogen-bond donors (Lipinski definition) is 1. The molecule has 0 spiro atoms. The molecule has 0 bridgehead atoms. The summed E-state index contributed by atoms with van der Waals surface area (Å²) in [5, 5.41) is 13.4. The van der Waals surface area contributed by atoms with Crippen molar-refractivity contribution in [3.63, 3.8) is 0 Å². The van der Waals surface area contributed by atoms with Crippen LogP contribution >= 0.6 is 11.6 Å². The van der Waals surface area contributed by atoms with Crippen molar-refractivity contribution in [2.45, 2.75) is 6.42 Å². The van der Waals surface area contributed by atoms with Gasteiger partial charge in [-0.1, -0.05) is 41.0 Å². The van der Waals surface area contributed by atoms with Crippen LogP contribution in [0, 0.1) is 0 Å². The molecule has 1 N–H and O–H groups in total. The Hall–Kier alpha value is -2.11. The van der Waals surface area contributed by atoms with Crippen LogP contribution in [-0.4, -0.2) is 53.5 Å². The summed E-state index contributed by atoms with van der Waals surface area (Å²) in [4.78, 5) is 9.08. The molecule has 0 unspecified atom stereocenters. The van der Waals surface area contributed by atoms with Crippen LogP contribution < -0.4 is 4.90 Å². The van der Waals surface area contributed by atoms with Crippen LogP contribution in [0.4, 0.5) is 5.82 Å².